The van der Waals surface area contributed by atoms with E-state index in [4.69, 9.17) is 4.74 Å². The SMILES string of the molecule is CCCCCCCCCCCCCCCCCC(CCCC)OC(=O)c1ccccc1C(=O)O. The zero-order chi connectivity index (χ0) is 24.9. The summed E-state index contributed by atoms with van der Waals surface area (Å²) in [5.74, 6) is -1.61. The molecule has 0 amide bonds. The van der Waals surface area contributed by atoms with Crippen LogP contribution >= 0.6 is 0 Å². The molecule has 0 bridgehead atoms. The van der Waals surface area contributed by atoms with Crippen LogP contribution in [-0.4, -0.2) is 23.1 Å². The topological polar surface area (TPSA) is 63.6 Å². The largest absolute Gasteiger partial charge is 0.478 e. The van der Waals surface area contributed by atoms with Gasteiger partial charge in [0.2, 0.25) is 0 Å². The zero-order valence-electron chi connectivity index (χ0n) is 22.0. The summed E-state index contributed by atoms with van der Waals surface area (Å²) >= 11 is 0. The predicted octanol–water partition coefficient (Wildman–Crippen LogP) is 9.36. The molecule has 0 fully saturated rings. The van der Waals surface area contributed by atoms with Crippen LogP contribution < -0.4 is 0 Å². The molecule has 4 nitrogen and oxygen atoms in total. The minimum Gasteiger partial charge on any atom is -0.478 e. The average Bonchev–Trinajstić information content (AvgIpc) is 2.84. The van der Waals surface area contributed by atoms with E-state index in [1.807, 2.05) is 0 Å². The monoisotopic (exact) mass is 474 g/mol. The van der Waals surface area contributed by atoms with Crippen LogP contribution in [0, 0.1) is 0 Å². The number of carboxylic acids is 1. The molecule has 0 heterocycles. The highest BCUT2D eigenvalue weighted by molar-refractivity contribution is 6.02. The molecule has 0 aliphatic carbocycles. The Bertz CT molecular complexity index is 655. The fourth-order valence-electron chi connectivity index (χ4n) is 4.50. The first-order valence-electron chi connectivity index (χ1n) is 14.1. The van der Waals surface area contributed by atoms with Gasteiger partial charge in [0.1, 0.15) is 6.10 Å². The van der Waals surface area contributed by atoms with Crippen LogP contribution in [-0.2, 0) is 4.74 Å². The van der Waals surface area contributed by atoms with Crippen LogP contribution in [0.5, 0.6) is 0 Å². The fraction of sp³-hybridized carbons (Fsp3) is 0.733. The second-order valence-electron chi connectivity index (χ2n) is 9.76. The van der Waals surface area contributed by atoms with Gasteiger partial charge in [-0.2, -0.15) is 0 Å². The Morgan fingerprint density at radius 2 is 1.06 bits per heavy atom. The number of esters is 1. The van der Waals surface area contributed by atoms with E-state index >= 15 is 0 Å². The molecular formula is C30H50O4. The quantitative estimate of drug-likeness (QED) is 0.134. The van der Waals surface area contributed by atoms with Crippen LogP contribution in [0.3, 0.4) is 0 Å². The van der Waals surface area contributed by atoms with Gasteiger partial charge >= 0.3 is 11.9 Å². The van der Waals surface area contributed by atoms with Crippen LogP contribution in [0.2, 0.25) is 0 Å². The summed E-state index contributed by atoms with van der Waals surface area (Å²) in [5.41, 5.74) is 0.154. The molecule has 194 valence electrons. The van der Waals surface area contributed by atoms with E-state index in [9.17, 15) is 14.7 Å². The molecule has 0 spiro atoms. The number of hydrogen-bond acceptors (Lipinski definition) is 3. The molecule has 34 heavy (non-hydrogen) atoms. The fourth-order valence-corrected chi connectivity index (χ4v) is 4.50. The first kappa shape index (κ1) is 30.2. The van der Waals surface area contributed by atoms with E-state index in [0.717, 1.165) is 32.1 Å². The van der Waals surface area contributed by atoms with Crippen molar-refractivity contribution in [3.63, 3.8) is 0 Å². The van der Waals surface area contributed by atoms with Crippen molar-refractivity contribution in [3.05, 3.63) is 35.4 Å². The van der Waals surface area contributed by atoms with Crippen molar-refractivity contribution in [1.82, 2.24) is 0 Å². The minimum atomic E-state index is -1.10. The van der Waals surface area contributed by atoms with Crippen molar-refractivity contribution in [2.24, 2.45) is 0 Å². The van der Waals surface area contributed by atoms with Gasteiger partial charge in [0.15, 0.2) is 0 Å². The molecule has 1 unspecified atom stereocenters. The summed E-state index contributed by atoms with van der Waals surface area (Å²) in [4.78, 5) is 24.0. The summed E-state index contributed by atoms with van der Waals surface area (Å²) in [6.07, 6.45) is 23.7. The highest BCUT2D eigenvalue weighted by Crippen LogP contribution is 2.19. The minimum absolute atomic E-state index is 0.00807. The maximum Gasteiger partial charge on any atom is 0.339 e. The zero-order valence-corrected chi connectivity index (χ0v) is 22.0. The third-order valence-corrected chi connectivity index (χ3v) is 6.66. The Labute approximate surface area is 208 Å². The third kappa shape index (κ3) is 14.4. The van der Waals surface area contributed by atoms with E-state index in [1.165, 1.54) is 102 Å². The Morgan fingerprint density at radius 1 is 0.647 bits per heavy atom. The molecule has 0 saturated heterocycles. The molecule has 0 radical (unpaired) electrons. The number of carbonyl (C=O) groups is 2. The summed E-state index contributed by atoms with van der Waals surface area (Å²) < 4.78 is 5.75. The summed E-state index contributed by atoms with van der Waals surface area (Å²) in [6.45, 7) is 4.40. The van der Waals surface area contributed by atoms with E-state index < -0.39 is 11.9 Å². The second-order valence-corrected chi connectivity index (χ2v) is 9.76. The average molecular weight is 475 g/mol. The number of hydrogen-bond donors (Lipinski definition) is 1. The maximum atomic E-state index is 12.6. The predicted molar refractivity (Wildman–Crippen MR) is 142 cm³/mol. The van der Waals surface area contributed by atoms with Gasteiger partial charge in [0.25, 0.3) is 0 Å². The van der Waals surface area contributed by atoms with Gasteiger partial charge in [-0.05, 0) is 31.4 Å². The number of ether oxygens (including phenoxy) is 1. The number of aromatic carboxylic acids is 1. The number of benzene rings is 1. The Hall–Kier alpha value is -1.84. The van der Waals surface area contributed by atoms with Crippen molar-refractivity contribution in [1.29, 1.82) is 0 Å². The van der Waals surface area contributed by atoms with Crippen molar-refractivity contribution in [2.45, 2.75) is 142 Å². The lowest BCUT2D eigenvalue weighted by molar-refractivity contribution is 0.0245. The molecule has 0 aliphatic rings. The normalized spacial score (nSPS) is 11.9. The van der Waals surface area contributed by atoms with Crippen LogP contribution in [0.15, 0.2) is 24.3 Å². The molecule has 0 aliphatic heterocycles. The standard InChI is InChI=1S/C30H50O4/c1-3-5-7-8-9-10-11-12-13-14-15-16-17-18-19-23-26(22-6-4-2)34-30(33)28-25-21-20-24-27(28)29(31)32/h20-21,24-26H,3-19,22-23H2,1-2H3,(H,31,32). The summed E-state index contributed by atoms with van der Waals surface area (Å²) in [6, 6.07) is 6.30. The molecular weight excluding hydrogens is 424 g/mol. The molecule has 0 saturated carbocycles. The Kier molecular flexibility index (Phi) is 18.2. The van der Waals surface area contributed by atoms with Gasteiger partial charge < -0.3 is 9.84 Å². The molecule has 1 rings (SSSR count). The van der Waals surface area contributed by atoms with E-state index in [2.05, 4.69) is 13.8 Å². The van der Waals surface area contributed by atoms with Gasteiger partial charge in [-0.15, -0.1) is 0 Å². The van der Waals surface area contributed by atoms with Crippen LogP contribution in [0.4, 0.5) is 0 Å². The van der Waals surface area contributed by atoms with E-state index in [-0.39, 0.29) is 17.2 Å². The molecule has 0 aromatic heterocycles. The highest BCUT2D eigenvalue weighted by atomic mass is 16.5. The Balaban J connectivity index is 2.16. The van der Waals surface area contributed by atoms with Crippen molar-refractivity contribution < 1.29 is 19.4 Å². The lowest BCUT2D eigenvalue weighted by atomic mass is 10.0. The summed E-state index contributed by atoms with van der Waals surface area (Å²) in [7, 11) is 0. The van der Waals surface area contributed by atoms with Gasteiger partial charge in [-0.1, -0.05) is 129 Å². The number of carbonyl (C=O) groups excluding carboxylic acids is 1. The smallest absolute Gasteiger partial charge is 0.339 e. The third-order valence-electron chi connectivity index (χ3n) is 6.66. The maximum absolute atomic E-state index is 12.6. The highest BCUT2D eigenvalue weighted by Gasteiger charge is 2.20. The summed E-state index contributed by atoms with van der Waals surface area (Å²) in [5, 5.41) is 9.33. The first-order chi connectivity index (χ1) is 16.6. The number of rotatable bonds is 22. The molecule has 1 aromatic rings. The molecule has 4 heteroatoms. The van der Waals surface area contributed by atoms with Crippen LogP contribution in [0.25, 0.3) is 0 Å². The van der Waals surface area contributed by atoms with Gasteiger partial charge in [0, 0.05) is 0 Å². The van der Waals surface area contributed by atoms with Crippen molar-refractivity contribution in [3.8, 4) is 0 Å². The molecule has 1 aromatic carbocycles. The molecule has 1 N–H and O–H groups in total. The van der Waals surface area contributed by atoms with Crippen molar-refractivity contribution in [2.75, 3.05) is 0 Å². The Morgan fingerprint density at radius 3 is 1.53 bits per heavy atom. The van der Waals surface area contributed by atoms with E-state index in [1.54, 1.807) is 12.1 Å². The second kappa shape index (κ2) is 20.5. The molecule has 1 atom stereocenters. The van der Waals surface area contributed by atoms with Crippen molar-refractivity contribution >= 4 is 11.9 Å². The lowest BCUT2D eigenvalue weighted by Crippen LogP contribution is -2.20. The van der Waals surface area contributed by atoms with E-state index in [0.29, 0.717) is 0 Å². The lowest BCUT2D eigenvalue weighted by Gasteiger charge is -2.18. The van der Waals surface area contributed by atoms with Gasteiger partial charge in [-0.3, -0.25) is 0 Å². The first-order valence-corrected chi connectivity index (χ1v) is 14.1. The van der Waals surface area contributed by atoms with Gasteiger partial charge in [-0.25, -0.2) is 9.59 Å². The van der Waals surface area contributed by atoms with Gasteiger partial charge in [0.05, 0.1) is 11.1 Å². The number of unbranched alkanes of at least 4 members (excludes halogenated alkanes) is 15. The van der Waals surface area contributed by atoms with Crippen LogP contribution in [0.1, 0.15) is 157 Å². The number of carboxylic acid groups (broad SMARTS) is 1.